The topological polar surface area (TPSA) is 42.3 Å². The Labute approximate surface area is 51.0 Å². The van der Waals surface area contributed by atoms with E-state index in [0.717, 1.165) is 0 Å². The summed E-state index contributed by atoms with van der Waals surface area (Å²) in [7, 11) is 1.79. The fraction of sp³-hybridized carbons (Fsp3) is 0.750. The quantitative estimate of drug-likeness (QED) is 0.438. The number of hydrogen-bond donors (Lipinski definition) is 1. The lowest BCUT2D eigenvalue weighted by atomic mass is 10.9. The molecule has 0 aliphatic heterocycles. The van der Waals surface area contributed by atoms with Crippen molar-refractivity contribution in [2.45, 2.75) is 6.04 Å². The molecule has 0 aromatic rings. The van der Waals surface area contributed by atoms with Gasteiger partial charge in [-0.1, -0.05) is 0 Å². The van der Waals surface area contributed by atoms with Gasteiger partial charge in [-0.2, -0.15) is 0 Å². The Bertz CT molecular complexity index is 65.1. The summed E-state index contributed by atoms with van der Waals surface area (Å²) in [4.78, 5) is 0. The molecule has 0 radical (unpaired) electrons. The van der Waals surface area contributed by atoms with Crippen molar-refractivity contribution in [2.75, 3.05) is 14.2 Å². The van der Waals surface area contributed by atoms with Gasteiger partial charge in [-0.3, -0.25) is 0 Å². The average molecular weight is 133 g/mol. The maximum Gasteiger partial charge on any atom is 0.326 e. The van der Waals surface area contributed by atoms with Crippen LogP contribution in [-0.4, -0.2) is 29.7 Å². The van der Waals surface area contributed by atoms with Crippen LogP contribution < -0.4 is 0 Å². The minimum atomic E-state index is -1.44. The summed E-state index contributed by atoms with van der Waals surface area (Å²) < 4.78 is 9.81. The van der Waals surface area contributed by atoms with Gasteiger partial charge in [0.1, 0.15) is 0 Å². The van der Waals surface area contributed by atoms with Crippen LogP contribution in [0, 0.1) is 5.41 Å². The molecule has 0 spiro atoms. The van der Waals surface area contributed by atoms with Gasteiger partial charge in [0.2, 0.25) is 0 Å². The third-order valence-electron chi connectivity index (χ3n) is 0.836. The Morgan fingerprint density at radius 2 is 2.00 bits per heavy atom. The van der Waals surface area contributed by atoms with Crippen molar-refractivity contribution in [2.24, 2.45) is 0 Å². The van der Waals surface area contributed by atoms with Crippen molar-refractivity contribution in [3.63, 3.8) is 0 Å². The van der Waals surface area contributed by atoms with Crippen molar-refractivity contribution in [3.8, 4) is 0 Å². The van der Waals surface area contributed by atoms with E-state index in [4.69, 9.17) is 14.3 Å². The summed E-state index contributed by atoms with van der Waals surface area (Å²) >= 11 is 0. The molecular formula is C4H11NO2Si. The van der Waals surface area contributed by atoms with E-state index in [-0.39, 0.29) is 0 Å². The van der Waals surface area contributed by atoms with E-state index in [1.807, 2.05) is 0 Å². The van der Waals surface area contributed by atoms with E-state index in [1.54, 1.807) is 14.2 Å². The normalized spacial score (nSPS) is 9.88. The average Bonchev–Trinajstić information content (AvgIpc) is 1.83. The summed E-state index contributed by atoms with van der Waals surface area (Å²) in [6.07, 6.45) is 1.32. The molecule has 0 aromatic carbocycles. The van der Waals surface area contributed by atoms with Crippen LogP contribution in [0.2, 0.25) is 6.04 Å². The lowest BCUT2D eigenvalue weighted by Gasteiger charge is -2.05. The second-order valence-corrected chi connectivity index (χ2v) is 3.61. The van der Waals surface area contributed by atoms with Crippen LogP contribution in [0.1, 0.15) is 0 Å². The lowest BCUT2D eigenvalue weighted by molar-refractivity contribution is 0.282. The van der Waals surface area contributed by atoms with Crippen LogP contribution >= 0.6 is 0 Å². The highest BCUT2D eigenvalue weighted by Gasteiger charge is 2.04. The largest absolute Gasteiger partial charge is 0.400 e. The van der Waals surface area contributed by atoms with Crippen LogP contribution in [0.3, 0.4) is 0 Å². The van der Waals surface area contributed by atoms with Gasteiger partial charge in [0.25, 0.3) is 0 Å². The van der Waals surface area contributed by atoms with Gasteiger partial charge < -0.3 is 14.3 Å². The Morgan fingerprint density at radius 1 is 1.50 bits per heavy atom. The van der Waals surface area contributed by atoms with Gasteiger partial charge in [0.05, 0.1) is 0 Å². The molecule has 8 heavy (non-hydrogen) atoms. The molecule has 0 aromatic heterocycles. The Balaban J connectivity index is 3.20. The third kappa shape index (κ3) is 2.90. The molecule has 3 nitrogen and oxygen atoms in total. The van der Waals surface area contributed by atoms with Gasteiger partial charge in [-0.15, -0.1) is 0 Å². The molecule has 48 valence electrons. The van der Waals surface area contributed by atoms with Crippen LogP contribution in [0.5, 0.6) is 0 Å². The SMILES string of the molecule is CO[SiH](CC=N)OC. The number of rotatable bonds is 4. The molecule has 0 saturated heterocycles. The maximum absolute atomic E-state index is 6.69. The smallest absolute Gasteiger partial charge is 0.326 e. The summed E-state index contributed by atoms with van der Waals surface area (Å²) in [5, 5.41) is 6.69. The van der Waals surface area contributed by atoms with Crippen LogP contribution in [0.4, 0.5) is 0 Å². The molecule has 0 aliphatic carbocycles. The molecule has 4 heteroatoms. The second-order valence-electron chi connectivity index (χ2n) is 1.34. The van der Waals surface area contributed by atoms with E-state index in [9.17, 15) is 0 Å². The van der Waals surface area contributed by atoms with E-state index < -0.39 is 9.28 Å². The molecule has 1 N–H and O–H groups in total. The van der Waals surface area contributed by atoms with Crippen molar-refractivity contribution in [1.82, 2.24) is 0 Å². The van der Waals surface area contributed by atoms with E-state index in [0.29, 0.717) is 6.04 Å². The first-order chi connectivity index (χ1) is 3.85. The zero-order chi connectivity index (χ0) is 6.41. The van der Waals surface area contributed by atoms with Gasteiger partial charge in [0.15, 0.2) is 0 Å². The van der Waals surface area contributed by atoms with E-state index in [2.05, 4.69) is 0 Å². The molecule has 0 aliphatic rings. The number of hydrogen-bond acceptors (Lipinski definition) is 3. The zero-order valence-electron chi connectivity index (χ0n) is 5.18. The molecule has 0 amide bonds. The Hall–Kier alpha value is -0.193. The molecule has 0 heterocycles. The predicted molar refractivity (Wildman–Crippen MR) is 34.8 cm³/mol. The summed E-state index contributed by atoms with van der Waals surface area (Å²) in [5.74, 6) is 0. The molecule has 0 fully saturated rings. The van der Waals surface area contributed by atoms with Gasteiger partial charge in [0, 0.05) is 20.3 Å². The molecule has 0 saturated carbocycles. The molecule has 0 unspecified atom stereocenters. The monoisotopic (exact) mass is 133 g/mol. The highest BCUT2D eigenvalue weighted by Crippen LogP contribution is 1.88. The summed E-state index contributed by atoms with van der Waals surface area (Å²) in [6.45, 7) is 0. The lowest BCUT2D eigenvalue weighted by Crippen LogP contribution is -2.18. The summed E-state index contributed by atoms with van der Waals surface area (Å²) in [6, 6.07) is 0.660. The zero-order valence-corrected chi connectivity index (χ0v) is 6.33. The van der Waals surface area contributed by atoms with Gasteiger partial charge in [-0.05, 0) is 6.21 Å². The van der Waals surface area contributed by atoms with E-state index >= 15 is 0 Å². The van der Waals surface area contributed by atoms with Crippen molar-refractivity contribution in [3.05, 3.63) is 0 Å². The van der Waals surface area contributed by atoms with E-state index in [1.165, 1.54) is 6.21 Å². The molecular weight excluding hydrogens is 122 g/mol. The Kier molecular flexibility index (Phi) is 4.83. The molecule has 0 rings (SSSR count). The molecule has 0 bridgehead atoms. The first-order valence-electron chi connectivity index (χ1n) is 2.39. The fourth-order valence-corrected chi connectivity index (χ4v) is 1.15. The third-order valence-corrected chi connectivity index (χ3v) is 2.51. The highest BCUT2D eigenvalue weighted by molar-refractivity contribution is 6.47. The number of nitrogens with one attached hydrogen (secondary N) is 1. The molecule has 0 atom stereocenters. The summed E-state index contributed by atoms with van der Waals surface area (Å²) in [5.41, 5.74) is 0. The van der Waals surface area contributed by atoms with Gasteiger partial charge in [-0.25, -0.2) is 0 Å². The predicted octanol–water partition coefficient (Wildman–Crippen LogP) is 0.149. The van der Waals surface area contributed by atoms with Crippen LogP contribution in [-0.2, 0) is 8.85 Å². The van der Waals surface area contributed by atoms with Crippen LogP contribution in [0.15, 0.2) is 0 Å². The Morgan fingerprint density at radius 3 is 2.12 bits per heavy atom. The fourth-order valence-electron chi connectivity index (χ4n) is 0.385. The second kappa shape index (κ2) is 4.95. The highest BCUT2D eigenvalue weighted by atomic mass is 28.3. The maximum atomic E-state index is 6.69. The first kappa shape index (κ1) is 7.81. The van der Waals surface area contributed by atoms with Gasteiger partial charge >= 0.3 is 9.28 Å². The van der Waals surface area contributed by atoms with Crippen molar-refractivity contribution >= 4 is 15.5 Å². The van der Waals surface area contributed by atoms with Crippen LogP contribution in [0.25, 0.3) is 0 Å². The first-order valence-corrected chi connectivity index (χ1v) is 4.15. The standard InChI is InChI=1S/C4H11NO2Si/c1-6-8(7-2)4-3-5/h3,5,8H,4H2,1-2H3. The minimum absolute atomic E-state index is 0.660. The van der Waals surface area contributed by atoms with Crippen molar-refractivity contribution < 1.29 is 8.85 Å². The minimum Gasteiger partial charge on any atom is -0.400 e. The van der Waals surface area contributed by atoms with Crippen molar-refractivity contribution in [1.29, 1.82) is 5.41 Å².